The van der Waals surface area contributed by atoms with Gasteiger partial charge in [-0.05, 0) is 35.8 Å². The molecule has 0 atom stereocenters. The van der Waals surface area contributed by atoms with Crippen molar-refractivity contribution in [2.45, 2.75) is 19.4 Å². The van der Waals surface area contributed by atoms with Crippen LogP contribution in [0.4, 0.5) is 5.69 Å². The molecule has 0 aliphatic heterocycles. The summed E-state index contributed by atoms with van der Waals surface area (Å²) in [7, 11) is 0. The summed E-state index contributed by atoms with van der Waals surface area (Å²) in [5, 5.41) is 12.5. The molecule has 4 heteroatoms. The Bertz CT molecular complexity index is 283. The largest absolute Gasteiger partial charge is 0.389 e. The standard InChI is InChI=1S/C9H13BrN2O/c1-9(2,13)6-12-8-3-7(10)4-11-5-8/h3-5,12-13H,6H2,1-2H3. The first-order valence-electron chi connectivity index (χ1n) is 4.04. The molecule has 0 spiro atoms. The van der Waals surface area contributed by atoms with E-state index in [1.807, 2.05) is 6.07 Å². The summed E-state index contributed by atoms with van der Waals surface area (Å²) in [5.74, 6) is 0. The molecule has 1 aromatic rings. The van der Waals surface area contributed by atoms with E-state index in [4.69, 9.17) is 0 Å². The molecule has 0 aromatic carbocycles. The third-order valence-electron chi connectivity index (χ3n) is 1.43. The quantitative estimate of drug-likeness (QED) is 0.856. The zero-order valence-electron chi connectivity index (χ0n) is 7.71. The highest BCUT2D eigenvalue weighted by molar-refractivity contribution is 9.10. The molecule has 0 saturated carbocycles. The lowest BCUT2D eigenvalue weighted by Crippen LogP contribution is -2.29. The van der Waals surface area contributed by atoms with Crippen molar-refractivity contribution in [1.29, 1.82) is 0 Å². The van der Waals surface area contributed by atoms with Crippen LogP contribution in [-0.2, 0) is 0 Å². The number of aliphatic hydroxyl groups is 1. The van der Waals surface area contributed by atoms with Crippen molar-refractivity contribution in [3.8, 4) is 0 Å². The number of hydrogen-bond acceptors (Lipinski definition) is 3. The van der Waals surface area contributed by atoms with Crippen molar-refractivity contribution >= 4 is 21.6 Å². The van der Waals surface area contributed by atoms with E-state index in [1.165, 1.54) is 0 Å². The smallest absolute Gasteiger partial charge is 0.0763 e. The average molecular weight is 245 g/mol. The van der Waals surface area contributed by atoms with Gasteiger partial charge in [0.15, 0.2) is 0 Å². The van der Waals surface area contributed by atoms with Gasteiger partial charge in [-0.3, -0.25) is 4.98 Å². The number of halogens is 1. The molecule has 0 aliphatic carbocycles. The summed E-state index contributed by atoms with van der Waals surface area (Å²) in [4.78, 5) is 3.99. The van der Waals surface area contributed by atoms with Crippen molar-refractivity contribution in [2.75, 3.05) is 11.9 Å². The zero-order chi connectivity index (χ0) is 9.90. The topological polar surface area (TPSA) is 45.1 Å². The van der Waals surface area contributed by atoms with Gasteiger partial charge in [0.2, 0.25) is 0 Å². The first-order valence-corrected chi connectivity index (χ1v) is 4.83. The number of aromatic nitrogens is 1. The summed E-state index contributed by atoms with van der Waals surface area (Å²) in [5.41, 5.74) is 0.194. The van der Waals surface area contributed by atoms with Crippen molar-refractivity contribution in [3.05, 3.63) is 22.9 Å². The number of hydrogen-bond donors (Lipinski definition) is 2. The van der Waals surface area contributed by atoms with E-state index in [1.54, 1.807) is 26.2 Å². The minimum absolute atomic E-state index is 0.505. The van der Waals surface area contributed by atoms with Gasteiger partial charge >= 0.3 is 0 Å². The van der Waals surface area contributed by atoms with Crippen molar-refractivity contribution < 1.29 is 5.11 Å². The Morgan fingerprint density at radius 3 is 2.77 bits per heavy atom. The first-order chi connectivity index (χ1) is 5.97. The van der Waals surface area contributed by atoms with Crippen LogP contribution in [0.1, 0.15) is 13.8 Å². The van der Waals surface area contributed by atoms with Crippen molar-refractivity contribution in [3.63, 3.8) is 0 Å². The van der Waals surface area contributed by atoms with Crippen LogP contribution in [0.3, 0.4) is 0 Å². The van der Waals surface area contributed by atoms with E-state index >= 15 is 0 Å². The van der Waals surface area contributed by atoms with Crippen LogP contribution in [0.15, 0.2) is 22.9 Å². The fourth-order valence-corrected chi connectivity index (χ4v) is 1.19. The van der Waals surface area contributed by atoms with Crippen LogP contribution < -0.4 is 5.32 Å². The Balaban J connectivity index is 2.55. The number of nitrogens with one attached hydrogen (secondary N) is 1. The highest BCUT2D eigenvalue weighted by Crippen LogP contribution is 2.14. The van der Waals surface area contributed by atoms with Crippen LogP contribution in [0.2, 0.25) is 0 Å². The van der Waals surface area contributed by atoms with E-state index in [9.17, 15) is 5.11 Å². The summed E-state index contributed by atoms with van der Waals surface area (Å²) < 4.78 is 0.924. The first kappa shape index (κ1) is 10.5. The lowest BCUT2D eigenvalue weighted by molar-refractivity contribution is 0.0945. The normalized spacial score (nSPS) is 11.4. The Hall–Kier alpha value is -0.610. The fraction of sp³-hybridized carbons (Fsp3) is 0.444. The Kier molecular flexibility index (Phi) is 3.27. The van der Waals surface area contributed by atoms with Crippen molar-refractivity contribution in [2.24, 2.45) is 0 Å². The molecule has 0 amide bonds. The predicted molar refractivity (Wildman–Crippen MR) is 56.7 cm³/mol. The maximum Gasteiger partial charge on any atom is 0.0763 e. The number of pyridine rings is 1. The van der Waals surface area contributed by atoms with E-state index in [0.29, 0.717) is 6.54 Å². The molecule has 0 aliphatic rings. The van der Waals surface area contributed by atoms with E-state index in [0.717, 1.165) is 10.2 Å². The summed E-state index contributed by atoms with van der Waals surface area (Å²) in [6.45, 7) is 4.02. The fourth-order valence-electron chi connectivity index (χ4n) is 0.827. The van der Waals surface area contributed by atoms with Crippen LogP contribution in [0.25, 0.3) is 0 Å². The van der Waals surface area contributed by atoms with Gasteiger partial charge in [-0.1, -0.05) is 0 Å². The maximum absolute atomic E-state index is 9.45. The van der Waals surface area contributed by atoms with E-state index in [2.05, 4.69) is 26.2 Å². The zero-order valence-corrected chi connectivity index (χ0v) is 9.30. The van der Waals surface area contributed by atoms with Gasteiger partial charge in [-0.2, -0.15) is 0 Å². The van der Waals surface area contributed by atoms with Gasteiger partial charge in [0.1, 0.15) is 0 Å². The van der Waals surface area contributed by atoms with Gasteiger partial charge in [0.25, 0.3) is 0 Å². The minimum Gasteiger partial charge on any atom is -0.389 e. The van der Waals surface area contributed by atoms with Crippen molar-refractivity contribution in [1.82, 2.24) is 4.98 Å². The highest BCUT2D eigenvalue weighted by Gasteiger charge is 2.11. The van der Waals surface area contributed by atoms with E-state index < -0.39 is 5.60 Å². The van der Waals surface area contributed by atoms with Crippen LogP contribution in [-0.4, -0.2) is 22.2 Å². The molecule has 0 unspecified atom stereocenters. The Morgan fingerprint density at radius 1 is 1.54 bits per heavy atom. The second-order valence-corrected chi connectivity index (χ2v) is 4.47. The van der Waals surface area contributed by atoms with E-state index in [-0.39, 0.29) is 0 Å². The van der Waals surface area contributed by atoms with Crippen LogP contribution >= 0.6 is 15.9 Å². The lowest BCUT2D eigenvalue weighted by Gasteiger charge is -2.18. The highest BCUT2D eigenvalue weighted by atomic mass is 79.9. The molecule has 3 nitrogen and oxygen atoms in total. The summed E-state index contributed by atoms with van der Waals surface area (Å²) >= 11 is 3.32. The SMILES string of the molecule is CC(C)(O)CNc1cncc(Br)c1. The average Bonchev–Trinajstić information content (AvgIpc) is 2.00. The second kappa shape index (κ2) is 4.07. The summed E-state index contributed by atoms with van der Waals surface area (Å²) in [6.07, 6.45) is 3.44. The second-order valence-electron chi connectivity index (χ2n) is 3.56. The molecule has 72 valence electrons. The minimum atomic E-state index is -0.706. The molecule has 0 radical (unpaired) electrons. The number of rotatable bonds is 3. The van der Waals surface area contributed by atoms with Gasteiger partial charge in [0.05, 0.1) is 17.5 Å². The molecular weight excluding hydrogens is 232 g/mol. The molecule has 1 aromatic heterocycles. The molecule has 0 fully saturated rings. The Labute approximate surface area is 86.3 Å². The number of nitrogens with zero attached hydrogens (tertiary/aromatic N) is 1. The van der Waals surface area contributed by atoms with Crippen LogP contribution in [0.5, 0.6) is 0 Å². The Morgan fingerprint density at radius 2 is 2.23 bits per heavy atom. The van der Waals surface area contributed by atoms with Gasteiger partial charge in [0, 0.05) is 17.2 Å². The summed E-state index contributed by atoms with van der Waals surface area (Å²) in [6, 6.07) is 1.92. The lowest BCUT2D eigenvalue weighted by atomic mass is 10.1. The molecule has 2 N–H and O–H groups in total. The maximum atomic E-state index is 9.45. The number of anilines is 1. The van der Waals surface area contributed by atoms with Gasteiger partial charge in [-0.15, -0.1) is 0 Å². The molecule has 0 saturated heterocycles. The molecule has 1 rings (SSSR count). The molecule has 1 heterocycles. The van der Waals surface area contributed by atoms with Crippen LogP contribution in [0, 0.1) is 0 Å². The third kappa shape index (κ3) is 4.24. The monoisotopic (exact) mass is 244 g/mol. The molecule has 0 bridgehead atoms. The van der Waals surface area contributed by atoms with Gasteiger partial charge < -0.3 is 10.4 Å². The predicted octanol–water partition coefficient (Wildman–Crippen LogP) is 2.03. The molecule has 13 heavy (non-hydrogen) atoms. The molecular formula is C9H13BrN2O. The van der Waals surface area contributed by atoms with Gasteiger partial charge in [-0.25, -0.2) is 0 Å². The third-order valence-corrected chi connectivity index (χ3v) is 1.86.